The van der Waals surface area contributed by atoms with Gasteiger partial charge in [-0.1, -0.05) is 15.9 Å². The number of halogens is 3. The molecule has 0 unspecified atom stereocenters. The van der Waals surface area contributed by atoms with Crippen LogP contribution in [0.4, 0.5) is 14.9 Å². The van der Waals surface area contributed by atoms with Crippen molar-refractivity contribution < 1.29 is 16.7 Å². The van der Waals surface area contributed by atoms with Gasteiger partial charge in [-0.2, -0.15) is 0 Å². The molecule has 0 aromatic heterocycles. The average molecular weight is 385 g/mol. The quantitative estimate of drug-likeness (QED) is 0.741. The van der Waals surface area contributed by atoms with Gasteiger partial charge in [-0.25, -0.2) is 9.18 Å². The molecule has 1 amide bonds. The number of alkyl halides is 1. The fourth-order valence-corrected chi connectivity index (χ4v) is 1.84. The summed E-state index contributed by atoms with van der Waals surface area (Å²) in [6, 6.07) is 2.50. The zero-order valence-corrected chi connectivity index (χ0v) is 13.3. The van der Waals surface area contributed by atoms with Crippen LogP contribution in [-0.4, -0.2) is 11.7 Å². The van der Waals surface area contributed by atoms with Crippen LogP contribution in [0.5, 0.6) is 0 Å². The SMILES string of the molecule is [2H]C([2H])(Br)c1cc(Br)c(F)c(NC(=O)OC(C)(C)C)c1. The summed E-state index contributed by atoms with van der Waals surface area (Å²) in [4.78, 5) is 11.6. The molecule has 3 nitrogen and oxygen atoms in total. The summed E-state index contributed by atoms with van der Waals surface area (Å²) in [5, 5.41) is 0.427. The Kier molecular flexibility index (Phi) is 4.15. The summed E-state index contributed by atoms with van der Waals surface area (Å²) in [7, 11) is 0. The first kappa shape index (κ1) is 12.4. The van der Waals surface area contributed by atoms with Crippen molar-refractivity contribution in [2.24, 2.45) is 0 Å². The highest BCUT2D eigenvalue weighted by Crippen LogP contribution is 2.26. The molecule has 0 fully saturated rings. The zero-order valence-electron chi connectivity index (χ0n) is 12.1. The molecule has 1 aromatic rings. The van der Waals surface area contributed by atoms with Crippen molar-refractivity contribution in [1.82, 2.24) is 0 Å². The lowest BCUT2D eigenvalue weighted by Crippen LogP contribution is -2.27. The largest absolute Gasteiger partial charge is 0.444 e. The van der Waals surface area contributed by atoms with Gasteiger partial charge in [-0.3, -0.25) is 5.32 Å². The number of benzene rings is 1. The number of carbonyl (C=O) groups excluding carboxylic acids is 1. The summed E-state index contributed by atoms with van der Waals surface area (Å²) in [6.45, 7) is 5.06. The van der Waals surface area contributed by atoms with E-state index in [1.54, 1.807) is 20.8 Å². The Balaban J connectivity index is 3.06. The van der Waals surface area contributed by atoms with Gasteiger partial charge in [-0.05, 0) is 54.4 Å². The molecule has 0 radical (unpaired) electrons. The Morgan fingerprint density at radius 2 is 2.17 bits per heavy atom. The lowest BCUT2D eigenvalue weighted by molar-refractivity contribution is 0.0635. The third-order valence-electron chi connectivity index (χ3n) is 1.77. The van der Waals surface area contributed by atoms with E-state index in [2.05, 4.69) is 37.2 Å². The molecule has 1 aromatic carbocycles. The van der Waals surface area contributed by atoms with Gasteiger partial charge in [0.15, 0.2) is 5.82 Å². The number of hydrogen-bond acceptors (Lipinski definition) is 2. The maximum atomic E-state index is 13.9. The maximum absolute atomic E-state index is 13.9. The Hall–Kier alpha value is -0.620. The first-order valence-electron chi connectivity index (χ1n) is 6.08. The molecule has 0 bridgehead atoms. The van der Waals surface area contributed by atoms with E-state index in [0.717, 1.165) is 0 Å². The summed E-state index contributed by atoms with van der Waals surface area (Å²) in [5.74, 6) is -0.698. The predicted molar refractivity (Wildman–Crippen MR) is 76.6 cm³/mol. The van der Waals surface area contributed by atoms with Crippen molar-refractivity contribution >= 4 is 43.6 Å². The zero-order chi connectivity index (χ0) is 15.7. The molecule has 0 aliphatic carbocycles. The number of anilines is 1. The van der Waals surface area contributed by atoms with Gasteiger partial charge in [-0.15, -0.1) is 0 Å². The minimum absolute atomic E-state index is 0.0457. The smallest absolute Gasteiger partial charge is 0.412 e. The molecule has 0 heterocycles. The summed E-state index contributed by atoms with van der Waals surface area (Å²) >= 11 is 5.83. The number of amides is 1. The number of carbonyl (C=O) groups is 1. The summed E-state index contributed by atoms with van der Waals surface area (Å²) < 4.78 is 34.1. The monoisotopic (exact) mass is 383 g/mol. The molecule has 0 saturated heterocycles. The summed E-state index contributed by atoms with van der Waals surface area (Å²) in [5.41, 5.74) is -0.705. The first-order chi connectivity index (χ1) is 8.90. The van der Waals surface area contributed by atoms with Crippen LogP contribution >= 0.6 is 31.9 Å². The lowest BCUT2D eigenvalue weighted by atomic mass is 10.2. The lowest BCUT2D eigenvalue weighted by Gasteiger charge is -2.20. The molecule has 0 aliphatic rings. The van der Waals surface area contributed by atoms with Crippen LogP contribution in [0.1, 0.15) is 29.1 Å². The van der Waals surface area contributed by atoms with Gasteiger partial charge >= 0.3 is 6.09 Å². The van der Waals surface area contributed by atoms with Gasteiger partial charge in [0.1, 0.15) is 5.60 Å². The first-order valence-corrected chi connectivity index (χ1v) is 6.67. The van der Waals surface area contributed by atoms with Crippen LogP contribution in [-0.2, 0) is 10.0 Å². The van der Waals surface area contributed by atoms with Gasteiger partial charge < -0.3 is 4.74 Å². The Morgan fingerprint density at radius 3 is 2.67 bits per heavy atom. The Morgan fingerprint density at radius 1 is 1.56 bits per heavy atom. The van der Waals surface area contributed by atoms with Gasteiger partial charge in [0.2, 0.25) is 0 Å². The van der Waals surface area contributed by atoms with E-state index in [1.165, 1.54) is 12.1 Å². The van der Waals surface area contributed by atoms with E-state index in [4.69, 9.17) is 7.48 Å². The molecule has 0 atom stereocenters. The topological polar surface area (TPSA) is 38.3 Å². The van der Waals surface area contributed by atoms with Crippen LogP contribution in [0.15, 0.2) is 16.6 Å². The van der Waals surface area contributed by atoms with Crippen molar-refractivity contribution in [2.75, 3.05) is 5.32 Å². The van der Waals surface area contributed by atoms with Crippen molar-refractivity contribution in [3.8, 4) is 0 Å². The van der Waals surface area contributed by atoms with Crippen LogP contribution in [0.2, 0.25) is 0 Å². The van der Waals surface area contributed by atoms with Crippen LogP contribution < -0.4 is 5.32 Å². The number of ether oxygens (including phenoxy) is 1. The normalized spacial score (nSPS) is 13.7. The molecule has 100 valence electrons. The molecule has 6 heteroatoms. The second kappa shape index (κ2) is 6.02. The second-order valence-corrected chi connectivity index (χ2v) is 5.79. The molecule has 0 aliphatic heterocycles. The van der Waals surface area contributed by atoms with Crippen molar-refractivity contribution in [3.05, 3.63) is 28.0 Å². The van der Waals surface area contributed by atoms with E-state index in [0.29, 0.717) is 0 Å². The number of nitrogens with one attached hydrogen (secondary N) is 1. The second-order valence-electron chi connectivity index (χ2n) is 4.54. The van der Waals surface area contributed by atoms with Crippen molar-refractivity contribution in [1.29, 1.82) is 0 Å². The van der Waals surface area contributed by atoms with Gasteiger partial charge in [0.25, 0.3) is 0 Å². The van der Waals surface area contributed by atoms with Crippen LogP contribution in [0, 0.1) is 5.82 Å². The van der Waals surface area contributed by atoms with E-state index in [9.17, 15) is 9.18 Å². The predicted octanol–water partition coefficient (Wildman–Crippen LogP) is 4.83. The maximum Gasteiger partial charge on any atom is 0.412 e. The van der Waals surface area contributed by atoms with E-state index < -0.39 is 22.8 Å². The minimum Gasteiger partial charge on any atom is -0.444 e. The molecular formula is C12H14Br2FNO2. The van der Waals surface area contributed by atoms with Crippen molar-refractivity contribution in [3.63, 3.8) is 0 Å². The van der Waals surface area contributed by atoms with E-state index in [-0.39, 0.29) is 15.7 Å². The highest BCUT2D eigenvalue weighted by molar-refractivity contribution is 9.10. The molecule has 0 saturated carbocycles. The number of hydrogen-bond donors (Lipinski definition) is 1. The fourth-order valence-electron chi connectivity index (χ4n) is 1.15. The standard InChI is InChI=1S/C12H14Br2FNO2/c1-12(2,3)18-11(17)16-9-5-7(6-13)4-8(14)10(9)15/h4-5H,6H2,1-3H3,(H,16,17)/i6D2. The average Bonchev–Trinajstić information content (AvgIpc) is 2.20. The van der Waals surface area contributed by atoms with Crippen molar-refractivity contribution in [2.45, 2.75) is 31.7 Å². The Bertz CT molecular complexity index is 527. The number of rotatable bonds is 2. The minimum atomic E-state index is -1.84. The fraction of sp³-hybridized carbons (Fsp3) is 0.417. The van der Waals surface area contributed by atoms with E-state index >= 15 is 0 Å². The highest BCUT2D eigenvalue weighted by atomic mass is 79.9. The molecule has 0 spiro atoms. The van der Waals surface area contributed by atoms with E-state index in [1.807, 2.05) is 0 Å². The third kappa shape index (κ3) is 4.57. The third-order valence-corrected chi connectivity index (χ3v) is 2.81. The molecular weight excluding hydrogens is 369 g/mol. The van der Waals surface area contributed by atoms with Gasteiger partial charge in [0.05, 0.1) is 10.2 Å². The molecule has 1 N–H and O–H groups in total. The van der Waals surface area contributed by atoms with Gasteiger partial charge in [0, 0.05) is 8.02 Å². The van der Waals surface area contributed by atoms with Crippen LogP contribution in [0.25, 0.3) is 0 Å². The van der Waals surface area contributed by atoms with Crippen LogP contribution in [0.3, 0.4) is 0 Å². The molecule has 18 heavy (non-hydrogen) atoms. The molecule has 1 rings (SSSR count). The highest BCUT2D eigenvalue weighted by Gasteiger charge is 2.18. The summed E-state index contributed by atoms with van der Waals surface area (Å²) in [6.07, 6.45) is -0.810. The Labute approximate surface area is 125 Å².